The lowest BCUT2D eigenvalue weighted by Crippen LogP contribution is -2.34. The van der Waals surface area contributed by atoms with Gasteiger partial charge in [0.2, 0.25) is 0 Å². The van der Waals surface area contributed by atoms with Gasteiger partial charge in [-0.3, -0.25) is 0 Å². The van der Waals surface area contributed by atoms with Crippen molar-refractivity contribution in [3.05, 3.63) is 16.1 Å². The van der Waals surface area contributed by atoms with Gasteiger partial charge in [0.25, 0.3) is 0 Å². The molecule has 0 aliphatic heterocycles. The molecule has 4 N–H and O–H groups in total. The molecular formula is C13H20N2O6S. The van der Waals surface area contributed by atoms with E-state index in [0.29, 0.717) is 0 Å². The van der Waals surface area contributed by atoms with Gasteiger partial charge >= 0.3 is 12.1 Å². The lowest BCUT2D eigenvalue weighted by atomic mass is 10.1. The van der Waals surface area contributed by atoms with Crippen LogP contribution in [0, 0.1) is 0 Å². The number of thiazole rings is 1. The zero-order valence-electron chi connectivity index (χ0n) is 12.6. The zero-order valence-corrected chi connectivity index (χ0v) is 13.4. The van der Waals surface area contributed by atoms with E-state index >= 15 is 0 Å². The number of ether oxygens (including phenoxy) is 1. The zero-order chi connectivity index (χ0) is 16.9. The summed E-state index contributed by atoms with van der Waals surface area (Å²) < 4.78 is 5.02. The molecule has 0 saturated carbocycles. The van der Waals surface area contributed by atoms with Crippen molar-refractivity contribution >= 4 is 23.4 Å². The van der Waals surface area contributed by atoms with E-state index in [2.05, 4.69) is 10.3 Å². The molecule has 2 atom stereocenters. The van der Waals surface area contributed by atoms with Gasteiger partial charge in [-0.15, -0.1) is 11.3 Å². The van der Waals surface area contributed by atoms with Crippen LogP contribution in [0.15, 0.2) is 6.20 Å². The van der Waals surface area contributed by atoms with E-state index in [9.17, 15) is 19.8 Å². The van der Waals surface area contributed by atoms with E-state index in [1.165, 1.54) is 0 Å². The summed E-state index contributed by atoms with van der Waals surface area (Å²) in [5.74, 6) is -1.14. The maximum absolute atomic E-state index is 11.4. The Labute approximate surface area is 131 Å². The van der Waals surface area contributed by atoms with Crippen LogP contribution in [0.3, 0.4) is 0 Å². The van der Waals surface area contributed by atoms with Crippen molar-refractivity contribution in [3.8, 4) is 0 Å². The van der Waals surface area contributed by atoms with Gasteiger partial charge in [0.05, 0.1) is 12.3 Å². The summed E-state index contributed by atoms with van der Waals surface area (Å²) in [7, 11) is 0. The molecule has 0 aliphatic carbocycles. The van der Waals surface area contributed by atoms with Crippen molar-refractivity contribution in [2.45, 2.75) is 45.0 Å². The van der Waals surface area contributed by atoms with Crippen LogP contribution < -0.4 is 5.32 Å². The molecule has 1 rings (SSSR count). The minimum atomic E-state index is -1.31. The molecule has 8 nitrogen and oxygen atoms in total. The van der Waals surface area contributed by atoms with Gasteiger partial charge in [0.15, 0.2) is 0 Å². The first-order chi connectivity index (χ1) is 10.1. The fraction of sp³-hybridized carbons (Fsp3) is 0.615. The molecule has 0 saturated heterocycles. The Morgan fingerprint density at radius 3 is 2.55 bits per heavy atom. The topological polar surface area (TPSA) is 129 Å². The van der Waals surface area contributed by atoms with Gasteiger partial charge < -0.3 is 25.4 Å². The molecule has 9 heteroatoms. The molecule has 0 bridgehead atoms. The Kier molecular flexibility index (Phi) is 6.27. The highest BCUT2D eigenvalue weighted by molar-refractivity contribution is 7.13. The number of aliphatic hydroxyl groups excluding tert-OH is 2. The highest BCUT2D eigenvalue weighted by Gasteiger charge is 2.23. The van der Waals surface area contributed by atoms with Crippen LogP contribution in [-0.2, 0) is 4.74 Å². The lowest BCUT2D eigenvalue weighted by molar-refractivity contribution is 0.0122. The quantitative estimate of drug-likeness (QED) is 0.615. The van der Waals surface area contributed by atoms with Crippen LogP contribution in [0.1, 0.15) is 48.0 Å². The van der Waals surface area contributed by atoms with Crippen LogP contribution in [0.5, 0.6) is 0 Å². The number of carbonyl (C=O) groups is 2. The van der Waals surface area contributed by atoms with E-state index in [1.54, 1.807) is 20.8 Å². The number of aromatic carboxylic acids is 1. The van der Waals surface area contributed by atoms with E-state index in [4.69, 9.17) is 9.84 Å². The van der Waals surface area contributed by atoms with Gasteiger partial charge in [0, 0.05) is 6.54 Å². The van der Waals surface area contributed by atoms with Crippen molar-refractivity contribution in [1.82, 2.24) is 10.3 Å². The van der Waals surface area contributed by atoms with Crippen LogP contribution in [-0.4, -0.2) is 50.6 Å². The Hall–Kier alpha value is -1.71. The van der Waals surface area contributed by atoms with Crippen molar-refractivity contribution in [2.24, 2.45) is 0 Å². The van der Waals surface area contributed by atoms with Crippen molar-refractivity contribution in [3.63, 3.8) is 0 Å². The second-order valence-corrected chi connectivity index (χ2v) is 6.66. The minimum Gasteiger partial charge on any atom is -0.477 e. The molecule has 1 heterocycles. The maximum atomic E-state index is 11.4. The number of nitrogens with one attached hydrogen (secondary N) is 1. The normalized spacial score (nSPS) is 14.2. The van der Waals surface area contributed by atoms with Crippen molar-refractivity contribution in [1.29, 1.82) is 0 Å². The van der Waals surface area contributed by atoms with E-state index in [1.807, 2.05) is 0 Å². The standard InChI is InChI=1S/C13H20N2O6S/c1-13(2,3)21-12(20)14-5-4-7(16)9(17)10-15-6-8(22-10)11(18)19/h6-7,9,16-17H,4-5H2,1-3H3,(H,14,20)(H,18,19). The Balaban J connectivity index is 2.42. The molecule has 0 aromatic carbocycles. The summed E-state index contributed by atoms with van der Waals surface area (Å²) >= 11 is 0.792. The maximum Gasteiger partial charge on any atom is 0.407 e. The highest BCUT2D eigenvalue weighted by atomic mass is 32.1. The van der Waals surface area contributed by atoms with Crippen molar-refractivity contribution < 1.29 is 29.6 Å². The first-order valence-corrected chi connectivity index (χ1v) is 7.44. The number of alkyl carbamates (subject to hydrolysis) is 1. The summed E-state index contributed by atoms with van der Waals surface area (Å²) in [6.07, 6.45) is -1.91. The molecule has 0 aliphatic rings. The smallest absolute Gasteiger partial charge is 0.407 e. The number of amides is 1. The molecular weight excluding hydrogens is 312 g/mol. The van der Waals surface area contributed by atoms with Crippen LogP contribution in [0.4, 0.5) is 4.79 Å². The fourth-order valence-electron chi connectivity index (χ4n) is 1.48. The van der Waals surface area contributed by atoms with E-state index in [0.717, 1.165) is 17.5 Å². The number of rotatable bonds is 6. The molecule has 0 fully saturated rings. The number of aliphatic hydroxyl groups is 2. The predicted octanol–water partition coefficient (Wildman–Crippen LogP) is 1.15. The van der Waals surface area contributed by atoms with Crippen LogP contribution in [0.25, 0.3) is 0 Å². The van der Waals surface area contributed by atoms with Gasteiger partial charge in [0.1, 0.15) is 21.6 Å². The molecule has 124 valence electrons. The van der Waals surface area contributed by atoms with Gasteiger partial charge in [-0.25, -0.2) is 14.6 Å². The number of hydrogen-bond acceptors (Lipinski definition) is 7. The van der Waals surface area contributed by atoms with Crippen molar-refractivity contribution in [2.75, 3.05) is 6.54 Å². The number of carboxylic acid groups (broad SMARTS) is 1. The average Bonchev–Trinajstić information content (AvgIpc) is 2.85. The fourth-order valence-corrected chi connectivity index (χ4v) is 2.28. The summed E-state index contributed by atoms with van der Waals surface area (Å²) in [5, 5.41) is 31.1. The van der Waals surface area contributed by atoms with Crippen LogP contribution >= 0.6 is 11.3 Å². The predicted molar refractivity (Wildman–Crippen MR) is 78.9 cm³/mol. The molecule has 22 heavy (non-hydrogen) atoms. The SMILES string of the molecule is CC(C)(C)OC(=O)NCCC(O)C(O)c1ncc(C(=O)O)s1. The number of hydrogen-bond donors (Lipinski definition) is 4. The molecule has 1 aromatic rings. The number of nitrogens with zero attached hydrogens (tertiary/aromatic N) is 1. The summed E-state index contributed by atoms with van der Waals surface area (Å²) in [4.78, 5) is 25.9. The molecule has 1 aromatic heterocycles. The number of carboxylic acids is 1. The number of carbonyl (C=O) groups excluding carboxylic acids is 1. The summed E-state index contributed by atoms with van der Waals surface area (Å²) in [6, 6.07) is 0. The monoisotopic (exact) mass is 332 g/mol. The Bertz CT molecular complexity index is 525. The van der Waals surface area contributed by atoms with E-state index < -0.39 is 29.9 Å². The first-order valence-electron chi connectivity index (χ1n) is 6.62. The lowest BCUT2D eigenvalue weighted by Gasteiger charge is -2.20. The largest absolute Gasteiger partial charge is 0.477 e. The third kappa shape index (κ3) is 5.96. The summed E-state index contributed by atoms with van der Waals surface area (Å²) in [6.45, 7) is 5.29. The number of aromatic nitrogens is 1. The highest BCUT2D eigenvalue weighted by Crippen LogP contribution is 2.24. The van der Waals surface area contributed by atoms with Crippen LogP contribution in [0.2, 0.25) is 0 Å². The third-order valence-electron chi connectivity index (χ3n) is 2.46. The van der Waals surface area contributed by atoms with Gasteiger partial charge in [-0.05, 0) is 27.2 Å². The van der Waals surface area contributed by atoms with Gasteiger partial charge in [-0.1, -0.05) is 0 Å². The summed E-state index contributed by atoms with van der Waals surface area (Å²) in [5.41, 5.74) is -0.615. The molecule has 0 radical (unpaired) electrons. The minimum absolute atomic E-state index is 0.0203. The first kappa shape index (κ1) is 18.3. The second kappa shape index (κ2) is 7.52. The molecule has 2 unspecified atom stereocenters. The molecule has 1 amide bonds. The Morgan fingerprint density at radius 1 is 1.41 bits per heavy atom. The Morgan fingerprint density at radius 2 is 2.05 bits per heavy atom. The average molecular weight is 332 g/mol. The molecule has 0 spiro atoms. The van der Waals surface area contributed by atoms with E-state index in [-0.39, 0.29) is 22.9 Å². The second-order valence-electron chi connectivity index (χ2n) is 5.60. The van der Waals surface area contributed by atoms with Gasteiger partial charge in [-0.2, -0.15) is 0 Å². The third-order valence-corrected chi connectivity index (χ3v) is 3.52.